The first-order valence-corrected chi connectivity index (χ1v) is 14.1. The summed E-state index contributed by atoms with van der Waals surface area (Å²) in [7, 11) is -0.366. The van der Waals surface area contributed by atoms with Gasteiger partial charge in [-0.15, -0.1) is 0 Å². The van der Waals surface area contributed by atoms with Crippen LogP contribution in [0, 0.1) is 6.92 Å². The van der Waals surface area contributed by atoms with E-state index in [1.807, 2.05) is 110 Å². The van der Waals surface area contributed by atoms with Gasteiger partial charge in [0.25, 0.3) is 5.56 Å². The standard InChI is InChI=1S/C31H29N2O4P/c1-22-29(31(34)33(32-22)24-13-7-4-8-14-24)30(23-19-25(36-2)21-26(20-23)37-3)38(35,27-15-9-5-10-16-27)28-17-11-6-12-18-28/h4-21,30,32H,1-3H3. The summed E-state index contributed by atoms with van der Waals surface area (Å²) in [6, 6.07) is 33.6. The van der Waals surface area contributed by atoms with Crippen molar-refractivity contribution >= 4 is 17.8 Å². The van der Waals surface area contributed by atoms with E-state index in [0.29, 0.717) is 44.6 Å². The van der Waals surface area contributed by atoms with Crippen LogP contribution in [0.1, 0.15) is 22.5 Å². The molecule has 1 unspecified atom stereocenters. The van der Waals surface area contributed by atoms with Gasteiger partial charge in [0.05, 0.1) is 31.1 Å². The molecule has 38 heavy (non-hydrogen) atoms. The highest BCUT2D eigenvalue weighted by Crippen LogP contribution is 2.60. The lowest BCUT2D eigenvalue weighted by molar-refractivity contribution is 0.393. The monoisotopic (exact) mass is 524 g/mol. The fourth-order valence-electron chi connectivity index (χ4n) is 4.93. The van der Waals surface area contributed by atoms with Crippen molar-refractivity contribution in [2.45, 2.75) is 12.6 Å². The van der Waals surface area contributed by atoms with Gasteiger partial charge in [-0.2, -0.15) is 0 Å². The second-order valence-electron chi connectivity index (χ2n) is 9.00. The van der Waals surface area contributed by atoms with E-state index >= 15 is 4.57 Å². The third-order valence-electron chi connectivity index (χ3n) is 6.74. The number of methoxy groups -OCH3 is 2. The topological polar surface area (TPSA) is 73.3 Å². The average molecular weight is 525 g/mol. The smallest absolute Gasteiger partial charge is 0.275 e. The number of benzene rings is 4. The molecule has 7 heteroatoms. The van der Waals surface area contributed by atoms with Gasteiger partial charge in [-0.05, 0) is 36.8 Å². The Balaban J connectivity index is 1.88. The van der Waals surface area contributed by atoms with Crippen LogP contribution in [0.4, 0.5) is 0 Å². The van der Waals surface area contributed by atoms with E-state index in [1.165, 1.54) is 4.68 Å². The van der Waals surface area contributed by atoms with Crippen molar-refractivity contribution in [3.05, 3.63) is 136 Å². The van der Waals surface area contributed by atoms with Crippen LogP contribution in [0.2, 0.25) is 0 Å². The van der Waals surface area contributed by atoms with Crippen LogP contribution in [-0.2, 0) is 4.57 Å². The molecule has 0 fully saturated rings. The third-order valence-corrected chi connectivity index (χ3v) is 10.2. The zero-order valence-electron chi connectivity index (χ0n) is 21.5. The third kappa shape index (κ3) is 4.48. The second-order valence-corrected chi connectivity index (χ2v) is 11.9. The van der Waals surface area contributed by atoms with E-state index < -0.39 is 12.8 Å². The maximum Gasteiger partial charge on any atom is 0.275 e. The van der Waals surface area contributed by atoms with E-state index in [-0.39, 0.29) is 5.56 Å². The first-order valence-electron chi connectivity index (χ1n) is 12.3. The van der Waals surface area contributed by atoms with Gasteiger partial charge in [0.2, 0.25) is 0 Å². The Hall–Kier alpha value is -4.28. The molecule has 0 aliphatic carbocycles. The molecule has 0 saturated carbocycles. The van der Waals surface area contributed by atoms with Gasteiger partial charge in [-0.3, -0.25) is 9.89 Å². The molecule has 0 radical (unpaired) electrons. The number of hydrogen-bond acceptors (Lipinski definition) is 4. The average Bonchev–Trinajstić information content (AvgIpc) is 3.27. The number of nitrogens with zero attached hydrogens (tertiary/aromatic N) is 1. The Morgan fingerprint density at radius 2 is 1.21 bits per heavy atom. The number of nitrogens with one attached hydrogen (secondary N) is 1. The zero-order chi connectivity index (χ0) is 26.7. The molecule has 0 bridgehead atoms. The maximum absolute atomic E-state index is 15.7. The Morgan fingerprint density at radius 1 is 0.737 bits per heavy atom. The maximum atomic E-state index is 15.7. The van der Waals surface area contributed by atoms with Crippen LogP contribution in [0.3, 0.4) is 0 Å². The minimum Gasteiger partial charge on any atom is -0.497 e. The predicted octanol–water partition coefficient (Wildman–Crippen LogP) is 5.59. The number of para-hydroxylation sites is 1. The molecule has 192 valence electrons. The number of aromatic amines is 1. The van der Waals surface area contributed by atoms with Gasteiger partial charge >= 0.3 is 0 Å². The van der Waals surface area contributed by atoms with Crippen LogP contribution >= 0.6 is 7.14 Å². The summed E-state index contributed by atoms with van der Waals surface area (Å²) in [5, 5.41) is 4.55. The molecule has 4 aromatic carbocycles. The highest BCUT2D eigenvalue weighted by atomic mass is 31.2. The van der Waals surface area contributed by atoms with Crippen LogP contribution < -0.4 is 25.6 Å². The first-order chi connectivity index (χ1) is 18.5. The summed E-state index contributed by atoms with van der Waals surface area (Å²) in [5.74, 6) is 1.10. The molecule has 0 saturated heterocycles. The summed E-state index contributed by atoms with van der Waals surface area (Å²) in [5.41, 5.74) is 1.36. The molecule has 5 rings (SSSR count). The zero-order valence-corrected chi connectivity index (χ0v) is 22.4. The molecule has 1 N–H and O–H groups in total. The lowest BCUT2D eigenvalue weighted by Crippen LogP contribution is -2.27. The fourth-order valence-corrected chi connectivity index (χ4v) is 8.29. The minimum atomic E-state index is -3.52. The number of rotatable bonds is 8. The van der Waals surface area contributed by atoms with Crippen molar-refractivity contribution in [2.24, 2.45) is 0 Å². The Morgan fingerprint density at radius 3 is 1.68 bits per heavy atom. The largest absolute Gasteiger partial charge is 0.497 e. The lowest BCUT2D eigenvalue weighted by atomic mass is 10.0. The second kappa shape index (κ2) is 10.6. The van der Waals surface area contributed by atoms with Gasteiger partial charge in [-0.25, -0.2) is 4.68 Å². The summed E-state index contributed by atoms with van der Waals surface area (Å²) in [6.45, 7) is 1.85. The number of aromatic nitrogens is 2. The summed E-state index contributed by atoms with van der Waals surface area (Å²) in [6.07, 6.45) is 0. The van der Waals surface area contributed by atoms with Crippen LogP contribution in [0.5, 0.6) is 11.5 Å². The molecular weight excluding hydrogens is 495 g/mol. The Kier molecular flexibility index (Phi) is 7.08. The van der Waals surface area contributed by atoms with Gasteiger partial charge in [0, 0.05) is 22.4 Å². The van der Waals surface area contributed by atoms with Crippen molar-refractivity contribution in [1.82, 2.24) is 9.78 Å². The molecule has 5 aromatic rings. The molecule has 0 aliphatic heterocycles. The highest BCUT2D eigenvalue weighted by Gasteiger charge is 2.42. The minimum absolute atomic E-state index is 0.257. The molecule has 1 aromatic heterocycles. The molecule has 1 atom stereocenters. The van der Waals surface area contributed by atoms with Crippen LogP contribution in [-0.4, -0.2) is 24.0 Å². The van der Waals surface area contributed by atoms with Crippen molar-refractivity contribution in [3.63, 3.8) is 0 Å². The van der Waals surface area contributed by atoms with E-state index in [0.717, 1.165) is 0 Å². The summed E-state index contributed by atoms with van der Waals surface area (Å²) < 4.78 is 28.4. The normalized spacial score (nSPS) is 12.2. The predicted molar refractivity (Wildman–Crippen MR) is 152 cm³/mol. The highest BCUT2D eigenvalue weighted by molar-refractivity contribution is 7.79. The lowest BCUT2D eigenvalue weighted by Gasteiger charge is -2.29. The number of aryl methyl sites for hydroxylation is 1. The first kappa shape index (κ1) is 25.4. The molecule has 0 aliphatic rings. The molecule has 1 heterocycles. The van der Waals surface area contributed by atoms with E-state index in [4.69, 9.17) is 9.47 Å². The van der Waals surface area contributed by atoms with E-state index in [1.54, 1.807) is 20.3 Å². The van der Waals surface area contributed by atoms with Crippen molar-refractivity contribution in [2.75, 3.05) is 14.2 Å². The quantitative estimate of drug-likeness (QED) is 0.269. The van der Waals surface area contributed by atoms with Gasteiger partial charge < -0.3 is 14.0 Å². The fraction of sp³-hybridized carbons (Fsp3) is 0.129. The molecule has 0 amide bonds. The SMILES string of the molecule is COc1cc(OC)cc(C(c2c(C)[nH]n(-c3ccccc3)c2=O)P(=O)(c2ccccc2)c2ccccc2)c1. The number of H-pyrrole nitrogens is 1. The van der Waals surface area contributed by atoms with Crippen LogP contribution in [0.15, 0.2) is 114 Å². The van der Waals surface area contributed by atoms with E-state index in [2.05, 4.69) is 5.10 Å². The van der Waals surface area contributed by atoms with Gasteiger partial charge in [-0.1, -0.05) is 78.9 Å². The summed E-state index contributed by atoms with van der Waals surface area (Å²) >= 11 is 0. The van der Waals surface area contributed by atoms with Crippen molar-refractivity contribution < 1.29 is 14.0 Å². The van der Waals surface area contributed by atoms with Crippen LogP contribution in [0.25, 0.3) is 5.69 Å². The van der Waals surface area contributed by atoms with Gasteiger partial charge in [0.1, 0.15) is 11.5 Å². The number of ether oxygens (including phenoxy) is 2. The number of hydrogen-bond donors (Lipinski definition) is 1. The molecule has 6 nitrogen and oxygen atoms in total. The Labute approximate surface area is 221 Å². The molecular formula is C31H29N2O4P. The van der Waals surface area contributed by atoms with Crippen molar-refractivity contribution in [3.8, 4) is 17.2 Å². The Bertz CT molecular complexity index is 1580. The van der Waals surface area contributed by atoms with Gasteiger partial charge in [0.15, 0.2) is 7.14 Å². The molecule has 0 spiro atoms. The summed E-state index contributed by atoms with van der Waals surface area (Å²) in [4.78, 5) is 14.2. The van der Waals surface area contributed by atoms with Crippen molar-refractivity contribution in [1.29, 1.82) is 0 Å². The van der Waals surface area contributed by atoms with E-state index in [9.17, 15) is 4.79 Å².